The van der Waals surface area contributed by atoms with E-state index < -0.39 is 5.82 Å². The van der Waals surface area contributed by atoms with Crippen LogP contribution < -0.4 is 5.32 Å². The monoisotopic (exact) mass is 283 g/mol. The van der Waals surface area contributed by atoms with E-state index in [1.54, 1.807) is 6.07 Å². The molecule has 0 atom stereocenters. The quantitative estimate of drug-likeness (QED) is 0.803. The van der Waals surface area contributed by atoms with Crippen LogP contribution in [0.25, 0.3) is 5.65 Å². The topological polar surface area (TPSA) is 46.4 Å². The highest BCUT2D eigenvalue weighted by atomic mass is 19.1. The summed E-state index contributed by atoms with van der Waals surface area (Å²) in [5.74, 6) is -0.742. The highest BCUT2D eigenvalue weighted by Gasteiger charge is 2.07. The minimum Gasteiger partial charge on any atom is -0.346 e. The molecule has 3 rings (SSSR count). The van der Waals surface area contributed by atoms with Crippen molar-refractivity contribution in [3.8, 4) is 0 Å². The van der Waals surface area contributed by atoms with Crippen molar-refractivity contribution in [3.63, 3.8) is 0 Å². The van der Waals surface area contributed by atoms with Crippen molar-refractivity contribution >= 4 is 11.6 Å². The molecule has 0 radical (unpaired) electrons. The van der Waals surface area contributed by atoms with Crippen molar-refractivity contribution in [3.05, 3.63) is 71.4 Å². The lowest BCUT2D eigenvalue weighted by Crippen LogP contribution is -2.23. The number of aromatic nitrogens is 2. The Labute approximate surface area is 121 Å². The van der Waals surface area contributed by atoms with Gasteiger partial charge in [-0.2, -0.15) is 0 Å². The van der Waals surface area contributed by atoms with Crippen LogP contribution in [0.2, 0.25) is 0 Å². The second kappa shape index (κ2) is 5.36. The van der Waals surface area contributed by atoms with Crippen molar-refractivity contribution in [2.75, 3.05) is 0 Å². The number of hydrogen-bond acceptors (Lipinski definition) is 2. The first-order chi connectivity index (χ1) is 10.1. The fourth-order valence-electron chi connectivity index (χ4n) is 2.14. The summed E-state index contributed by atoms with van der Waals surface area (Å²) in [5.41, 5.74) is 3.02. The molecule has 0 bridgehead atoms. The fourth-order valence-corrected chi connectivity index (χ4v) is 2.14. The Kier molecular flexibility index (Phi) is 3.39. The molecule has 0 spiro atoms. The molecule has 0 saturated heterocycles. The standard InChI is InChI=1S/C16H14FN3O/c1-11-5-6-15-19-14(10-20(15)9-11)8-18-16(21)12-3-2-4-13(17)7-12/h2-7,9-10H,8H2,1H3,(H,18,21). The number of nitrogens with zero attached hydrogens (tertiary/aromatic N) is 2. The molecule has 2 heterocycles. The molecule has 1 N–H and O–H groups in total. The maximum atomic E-state index is 13.1. The van der Waals surface area contributed by atoms with E-state index in [-0.39, 0.29) is 5.91 Å². The molecule has 3 aromatic rings. The number of carbonyl (C=O) groups excluding carboxylic acids is 1. The summed E-state index contributed by atoms with van der Waals surface area (Å²) >= 11 is 0. The van der Waals surface area contributed by atoms with Crippen LogP contribution in [-0.4, -0.2) is 15.3 Å². The summed E-state index contributed by atoms with van der Waals surface area (Å²) in [7, 11) is 0. The first-order valence-electron chi connectivity index (χ1n) is 6.60. The van der Waals surface area contributed by atoms with E-state index in [9.17, 15) is 9.18 Å². The Bertz CT molecular complexity index is 810. The second-order valence-electron chi connectivity index (χ2n) is 4.90. The van der Waals surface area contributed by atoms with Crippen molar-refractivity contribution in [2.24, 2.45) is 0 Å². The first kappa shape index (κ1) is 13.3. The predicted molar refractivity (Wildman–Crippen MR) is 77.5 cm³/mol. The highest BCUT2D eigenvalue weighted by molar-refractivity contribution is 5.94. The maximum Gasteiger partial charge on any atom is 0.251 e. The Morgan fingerprint density at radius 1 is 1.29 bits per heavy atom. The average molecular weight is 283 g/mol. The van der Waals surface area contributed by atoms with Crippen LogP contribution in [0.4, 0.5) is 4.39 Å². The van der Waals surface area contributed by atoms with Gasteiger partial charge in [0.05, 0.1) is 12.2 Å². The number of hydrogen-bond donors (Lipinski definition) is 1. The molecular weight excluding hydrogens is 269 g/mol. The summed E-state index contributed by atoms with van der Waals surface area (Å²) in [5, 5.41) is 2.74. The fraction of sp³-hybridized carbons (Fsp3) is 0.125. The number of aryl methyl sites for hydroxylation is 1. The number of pyridine rings is 1. The van der Waals surface area contributed by atoms with E-state index >= 15 is 0 Å². The number of nitrogens with one attached hydrogen (secondary N) is 1. The van der Waals surface area contributed by atoms with Crippen molar-refractivity contribution in [2.45, 2.75) is 13.5 Å². The van der Waals surface area contributed by atoms with E-state index in [1.807, 2.05) is 35.9 Å². The van der Waals surface area contributed by atoms with E-state index in [2.05, 4.69) is 10.3 Å². The minimum absolute atomic E-state index is 0.301. The third-order valence-corrected chi connectivity index (χ3v) is 3.17. The Morgan fingerprint density at radius 3 is 2.95 bits per heavy atom. The van der Waals surface area contributed by atoms with Crippen molar-refractivity contribution in [1.82, 2.24) is 14.7 Å². The lowest BCUT2D eigenvalue weighted by atomic mass is 10.2. The minimum atomic E-state index is -0.425. The predicted octanol–water partition coefficient (Wildman–Crippen LogP) is 2.71. The van der Waals surface area contributed by atoms with Gasteiger partial charge in [-0.05, 0) is 36.8 Å². The van der Waals surface area contributed by atoms with Gasteiger partial charge in [0.25, 0.3) is 5.91 Å². The van der Waals surface area contributed by atoms with Crippen LogP contribution in [-0.2, 0) is 6.54 Å². The van der Waals surface area contributed by atoms with Crippen molar-refractivity contribution < 1.29 is 9.18 Å². The van der Waals surface area contributed by atoms with Gasteiger partial charge < -0.3 is 9.72 Å². The molecular formula is C16H14FN3O. The summed E-state index contributed by atoms with van der Waals surface area (Å²) < 4.78 is 15.0. The molecule has 1 aromatic carbocycles. The molecule has 0 fully saturated rings. The number of imidazole rings is 1. The normalized spacial score (nSPS) is 10.8. The molecule has 5 heteroatoms. The summed E-state index contributed by atoms with van der Waals surface area (Å²) in [6.07, 6.45) is 3.84. The molecule has 0 aliphatic rings. The lowest BCUT2D eigenvalue weighted by Gasteiger charge is -2.03. The SMILES string of the molecule is Cc1ccc2nc(CNC(=O)c3cccc(F)c3)cn2c1. The molecule has 0 unspecified atom stereocenters. The molecule has 4 nitrogen and oxygen atoms in total. The van der Waals surface area contributed by atoms with Crippen LogP contribution in [0, 0.1) is 12.7 Å². The molecule has 0 aliphatic carbocycles. The number of halogens is 1. The van der Waals surface area contributed by atoms with Gasteiger partial charge in [0.15, 0.2) is 0 Å². The van der Waals surface area contributed by atoms with Crippen LogP contribution in [0.5, 0.6) is 0 Å². The molecule has 1 amide bonds. The molecule has 2 aromatic heterocycles. The number of amides is 1. The van der Waals surface area contributed by atoms with Gasteiger partial charge in [-0.25, -0.2) is 9.37 Å². The molecule has 0 aliphatic heterocycles. The molecule has 0 saturated carbocycles. The second-order valence-corrected chi connectivity index (χ2v) is 4.90. The largest absolute Gasteiger partial charge is 0.346 e. The number of rotatable bonds is 3. The van der Waals surface area contributed by atoms with Crippen LogP contribution in [0.15, 0.2) is 48.8 Å². The number of fused-ring (bicyclic) bond motifs is 1. The third kappa shape index (κ3) is 2.91. The smallest absolute Gasteiger partial charge is 0.251 e. The van der Waals surface area contributed by atoms with Crippen LogP contribution >= 0.6 is 0 Å². The van der Waals surface area contributed by atoms with E-state index in [0.717, 1.165) is 16.9 Å². The maximum absolute atomic E-state index is 13.1. The summed E-state index contributed by atoms with van der Waals surface area (Å²) in [6, 6.07) is 9.51. The zero-order chi connectivity index (χ0) is 14.8. The van der Waals surface area contributed by atoms with Gasteiger partial charge >= 0.3 is 0 Å². The molecule has 21 heavy (non-hydrogen) atoms. The van der Waals surface area contributed by atoms with E-state index in [4.69, 9.17) is 0 Å². The zero-order valence-corrected chi connectivity index (χ0v) is 11.5. The summed E-state index contributed by atoms with van der Waals surface area (Å²) in [6.45, 7) is 2.31. The zero-order valence-electron chi connectivity index (χ0n) is 11.5. The van der Waals surface area contributed by atoms with Gasteiger partial charge in [0, 0.05) is 18.0 Å². The highest BCUT2D eigenvalue weighted by Crippen LogP contribution is 2.08. The molecule has 106 valence electrons. The lowest BCUT2D eigenvalue weighted by molar-refractivity contribution is 0.0950. The number of carbonyl (C=O) groups is 1. The van der Waals surface area contributed by atoms with Gasteiger partial charge in [-0.15, -0.1) is 0 Å². The van der Waals surface area contributed by atoms with Gasteiger partial charge in [0.1, 0.15) is 11.5 Å². The van der Waals surface area contributed by atoms with Gasteiger partial charge in [-0.3, -0.25) is 4.79 Å². The van der Waals surface area contributed by atoms with Crippen LogP contribution in [0.3, 0.4) is 0 Å². The Morgan fingerprint density at radius 2 is 2.14 bits per heavy atom. The summed E-state index contributed by atoms with van der Waals surface area (Å²) in [4.78, 5) is 16.3. The van der Waals surface area contributed by atoms with Crippen molar-refractivity contribution in [1.29, 1.82) is 0 Å². The van der Waals surface area contributed by atoms with Gasteiger partial charge in [0.2, 0.25) is 0 Å². The van der Waals surface area contributed by atoms with Gasteiger partial charge in [-0.1, -0.05) is 12.1 Å². The van der Waals surface area contributed by atoms with E-state index in [0.29, 0.717) is 12.1 Å². The Hall–Kier alpha value is -2.69. The van der Waals surface area contributed by atoms with Crippen LogP contribution in [0.1, 0.15) is 21.6 Å². The first-order valence-corrected chi connectivity index (χ1v) is 6.60. The Balaban J connectivity index is 1.72. The average Bonchev–Trinajstić information content (AvgIpc) is 2.86. The third-order valence-electron chi connectivity index (χ3n) is 3.17. The number of benzene rings is 1. The van der Waals surface area contributed by atoms with E-state index in [1.165, 1.54) is 18.2 Å².